The molecule has 4 nitrogen and oxygen atoms in total. The molecule has 5 heteroatoms. The van der Waals surface area contributed by atoms with Crippen molar-refractivity contribution in [2.45, 2.75) is 0 Å². The molecule has 0 atom stereocenters. The fraction of sp³-hybridized carbons (Fsp3) is 0. The van der Waals surface area contributed by atoms with Gasteiger partial charge in [-0.1, -0.05) is 145 Å². The van der Waals surface area contributed by atoms with Crippen molar-refractivity contribution in [1.29, 1.82) is 0 Å². The molecule has 0 bridgehead atoms. The first kappa shape index (κ1) is 23.0. The SMILES string of the molecule is [2H]c1c([2H])c([2H])c2c(sc3c([2H])c(-c4nc(-c5ccccc5)nc(-c5ccc(-c6ccccc6)cc5)n4)c([2H])c([2H])c32)c1-c1cccc2oc3ccccc3c12. The average molecular weight is 664 g/mol. The van der Waals surface area contributed by atoms with Gasteiger partial charge in [0.2, 0.25) is 0 Å². The maximum Gasteiger partial charge on any atom is 0.164 e. The van der Waals surface area contributed by atoms with Gasteiger partial charge < -0.3 is 4.42 Å². The number of hydrogen-bond donors (Lipinski definition) is 0. The Balaban J connectivity index is 1.22. The Labute approximate surface area is 300 Å². The second-order valence-electron chi connectivity index (χ2n) is 11.9. The van der Waals surface area contributed by atoms with E-state index in [0.717, 1.165) is 27.5 Å². The number of para-hydroxylation sites is 1. The predicted octanol–water partition coefficient (Wildman–Crippen LogP) is 12.5. The molecule has 0 aliphatic heterocycles. The van der Waals surface area contributed by atoms with Gasteiger partial charge in [0.15, 0.2) is 17.5 Å². The van der Waals surface area contributed by atoms with Gasteiger partial charge in [-0.15, -0.1) is 11.3 Å². The molecule has 0 aliphatic carbocycles. The van der Waals surface area contributed by atoms with Crippen molar-refractivity contribution in [1.82, 2.24) is 15.0 Å². The standard InChI is InChI=1S/C45H27N3OS/c1-3-11-28(12-4-1)29-21-23-31(24-22-29)44-46-43(30-13-5-2-6-14-30)47-45(48-44)32-25-26-33-35-17-9-18-36(42(35)50-40(33)27-32)34-16-10-20-39-41(34)37-15-7-8-19-38(37)49-39/h1-27H/i9D,17D,18D,25D,26D,27D. The van der Waals surface area contributed by atoms with Crippen LogP contribution >= 0.6 is 11.3 Å². The minimum absolute atomic E-state index is 0.0593. The van der Waals surface area contributed by atoms with Gasteiger partial charge in [0, 0.05) is 53.2 Å². The zero-order valence-corrected chi connectivity index (χ0v) is 27.1. The van der Waals surface area contributed by atoms with E-state index in [4.69, 9.17) is 22.1 Å². The van der Waals surface area contributed by atoms with Crippen LogP contribution in [0.15, 0.2) is 168 Å². The lowest BCUT2D eigenvalue weighted by molar-refractivity contribution is 0.669. The van der Waals surface area contributed by atoms with Crippen molar-refractivity contribution in [3.05, 3.63) is 164 Å². The van der Waals surface area contributed by atoms with E-state index in [9.17, 15) is 5.48 Å². The number of hydrogen-bond acceptors (Lipinski definition) is 5. The zero-order valence-electron chi connectivity index (χ0n) is 32.3. The minimum atomic E-state index is -0.300. The molecule has 0 amide bonds. The molecule has 0 spiro atoms. The highest BCUT2D eigenvalue weighted by atomic mass is 32.1. The zero-order chi connectivity index (χ0) is 38.2. The van der Waals surface area contributed by atoms with E-state index in [1.54, 1.807) is 0 Å². The topological polar surface area (TPSA) is 51.8 Å². The van der Waals surface area contributed by atoms with Crippen molar-refractivity contribution < 1.29 is 12.6 Å². The van der Waals surface area contributed by atoms with Gasteiger partial charge in [-0.2, -0.15) is 0 Å². The third-order valence-corrected chi connectivity index (χ3v) is 10.00. The van der Waals surface area contributed by atoms with Gasteiger partial charge in [0.1, 0.15) is 11.2 Å². The molecule has 7 aromatic carbocycles. The van der Waals surface area contributed by atoms with Crippen LogP contribution in [0.25, 0.3) is 98.5 Å². The first-order valence-corrected chi connectivity index (χ1v) is 16.9. The normalized spacial score (nSPS) is 13.3. The second kappa shape index (κ2) is 11.6. The number of nitrogens with zero attached hydrogens (tertiary/aromatic N) is 3. The summed E-state index contributed by atoms with van der Waals surface area (Å²) in [5.74, 6) is 0.782. The average Bonchev–Trinajstić information content (AvgIpc) is 3.83. The summed E-state index contributed by atoms with van der Waals surface area (Å²) in [6.45, 7) is 0. The largest absolute Gasteiger partial charge is 0.456 e. The monoisotopic (exact) mass is 663 g/mol. The van der Waals surface area contributed by atoms with Crippen LogP contribution in [0.5, 0.6) is 0 Å². The van der Waals surface area contributed by atoms with Crippen molar-refractivity contribution >= 4 is 53.4 Å². The maximum absolute atomic E-state index is 9.62. The molecule has 0 saturated heterocycles. The second-order valence-corrected chi connectivity index (χ2v) is 12.9. The molecule has 234 valence electrons. The van der Waals surface area contributed by atoms with Crippen LogP contribution in [-0.4, -0.2) is 15.0 Å². The molecular formula is C45H27N3OS. The summed E-state index contributed by atoms with van der Waals surface area (Å²) in [6.07, 6.45) is 0. The van der Waals surface area contributed by atoms with Crippen LogP contribution < -0.4 is 0 Å². The number of aromatic nitrogens is 3. The first-order valence-electron chi connectivity index (χ1n) is 19.1. The molecule has 10 aromatic rings. The van der Waals surface area contributed by atoms with Crippen molar-refractivity contribution in [3.63, 3.8) is 0 Å². The molecule has 0 fully saturated rings. The predicted molar refractivity (Wildman–Crippen MR) is 207 cm³/mol. The van der Waals surface area contributed by atoms with Crippen molar-refractivity contribution in [2.24, 2.45) is 0 Å². The van der Waals surface area contributed by atoms with Gasteiger partial charge >= 0.3 is 0 Å². The summed E-state index contributed by atoms with van der Waals surface area (Å²) in [4.78, 5) is 14.5. The van der Waals surface area contributed by atoms with E-state index in [1.165, 1.54) is 11.3 Å². The van der Waals surface area contributed by atoms with Crippen LogP contribution in [-0.2, 0) is 0 Å². The van der Waals surface area contributed by atoms with E-state index in [0.29, 0.717) is 48.9 Å². The number of benzene rings is 7. The Morgan fingerprint density at radius 3 is 1.86 bits per heavy atom. The summed E-state index contributed by atoms with van der Waals surface area (Å²) in [6, 6.07) is 39.3. The van der Waals surface area contributed by atoms with E-state index >= 15 is 0 Å². The Hall–Kier alpha value is -6.43. The molecule has 0 aliphatic rings. The van der Waals surface area contributed by atoms with Crippen LogP contribution in [0.4, 0.5) is 0 Å². The van der Waals surface area contributed by atoms with Crippen molar-refractivity contribution in [3.8, 4) is 56.4 Å². The number of furan rings is 1. The van der Waals surface area contributed by atoms with Crippen molar-refractivity contribution in [2.75, 3.05) is 0 Å². The van der Waals surface area contributed by atoms with E-state index in [1.807, 2.05) is 127 Å². The summed E-state index contributed by atoms with van der Waals surface area (Å²) in [7, 11) is 0. The molecule has 3 aromatic heterocycles. The Morgan fingerprint density at radius 1 is 0.460 bits per heavy atom. The fourth-order valence-corrected chi connectivity index (χ4v) is 7.61. The molecule has 0 unspecified atom stereocenters. The Bertz CT molecular complexity index is 3200. The smallest absolute Gasteiger partial charge is 0.164 e. The van der Waals surface area contributed by atoms with Crippen LogP contribution in [0, 0.1) is 0 Å². The summed E-state index contributed by atoms with van der Waals surface area (Å²) in [5.41, 5.74) is 5.96. The van der Waals surface area contributed by atoms with Crippen LogP contribution in [0.1, 0.15) is 8.22 Å². The highest BCUT2D eigenvalue weighted by Gasteiger charge is 2.18. The molecule has 0 radical (unpaired) electrons. The lowest BCUT2D eigenvalue weighted by atomic mass is 9.98. The summed E-state index contributed by atoms with van der Waals surface area (Å²) >= 11 is 1.18. The van der Waals surface area contributed by atoms with Crippen LogP contribution in [0.2, 0.25) is 0 Å². The highest BCUT2D eigenvalue weighted by molar-refractivity contribution is 7.26. The number of rotatable bonds is 5. The summed E-state index contributed by atoms with van der Waals surface area (Å²) < 4.78 is 62.5. The molecule has 10 rings (SSSR count). The van der Waals surface area contributed by atoms with Gasteiger partial charge in [-0.25, -0.2) is 15.0 Å². The molecule has 0 N–H and O–H groups in total. The van der Waals surface area contributed by atoms with E-state index < -0.39 is 0 Å². The third-order valence-electron chi connectivity index (χ3n) is 8.87. The van der Waals surface area contributed by atoms with E-state index in [-0.39, 0.29) is 58.4 Å². The number of fused-ring (bicyclic) bond motifs is 6. The third kappa shape index (κ3) is 4.79. The summed E-state index contributed by atoms with van der Waals surface area (Å²) in [5, 5.41) is 2.11. The molecule has 3 heterocycles. The molecule has 0 saturated carbocycles. The quantitative estimate of drug-likeness (QED) is 0.184. The first-order chi connectivity index (χ1) is 27.3. The lowest BCUT2D eigenvalue weighted by Gasteiger charge is -2.09. The number of thiophene rings is 1. The lowest BCUT2D eigenvalue weighted by Crippen LogP contribution is -2.00. The Morgan fingerprint density at radius 2 is 1.08 bits per heavy atom. The molecule has 50 heavy (non-hydrogen) atoms. The maximum atomic E-state index is 9.62. The van der Waals surface area contributed by atoms with Gasteiger partial charge in [-0.05, 0) is 34.9 Å². The highest BCUT2D eigenvalue weighted by Crippen LogP contribution is 2.44. The van der Waals surface area contributed by atoms with Gasteiger partial charge in [0.05, 0.1) is 8.22 Å². The Kier molecular flexibility index (Phi) is 5.35. The van der Waals surface area contributed by atoms with Crippen LogP contribution in [0.3, 0.4) is 0 Å². The van der Waals surface area contributed by atoms with Gasteiger partial charge in [0.25, 0.3) is 0 Å². The molecular weight excluding hydrogens is 631 g/mol. The van der Waals surface area contributed by atoms with E-state index in [2.05, 4.69) is 0 Å². The minimum Gasteiger partial charge on any atom is -0.456 e. The fourth-order valence-electron chi connectivity index (χ4n) is 6.48. The van der Waals surface area contributed by atoms with Gasteiger partial charge in [-0.3, -0.25) is 0 Å².